The zero-order valence-electron chi connectivity index (χ0n) is 15.3. The first-order valence-corrected chi connectivity index (χ1v) is 8.98. The largest absolute Gasteiger partial charge is 0.378 e. The van der Waals surface area contributed by atoms with E-state index in [0.717, 1.165) is 13.0 Å². The van der Waals surface area contributed by atoms with Crippen LogP contribution < -0.4 is 15.1 Å². The van der Waals surface area contributed by atoms with Gasteiger partial charge in [-0.2, -0.15) is 0 Å². The Kier molecular flexibility index (Phi) is 5.27. The van der Waals surface area contributed by atoms with E-state index in [1.54, 1.807) is 0 Å². The molecule has 0 aromatic heterocycles. The lowest BCUT2D eigenvalue weighted by atomic mass is 10.0. The minimum atomic E-state index is 0.0994. The van der Waals surface area contributed by atoms with Gasteiger partial charge >= 0.3 is 0 Å². The molecule has 0 unspecified atom stereocenters. The molecule has 0 spiro atoms. The molecule has 3 rings (SSSR count). The molecule has 1 heterocycles. The highest BCUT2D eigenvalue weighted by Crippen LogP contribution is 2.35. The van der Waals surface area contributed by atoms with Crippen molar-refractivity contribution < 1.29 is 4.79 Å². The van der Waals surface area contributed by atoms with Gasteiger partial charge in [-0.1, -0.05) is 37.3 Å². The highest BCUT2D eigenvalue weighted by molar-refractivity contribution is 5.75. The van der Waals surface area contributed by atoms with E-state index in [1.807, 2.05) is 21.0 Å². The van der Waals surface area contributed by atoms with Gasteiger partial charge < -0.3 is 15.1 Å². The van der Waals surface area contributed by atoms with Crippen LogP contribution in [0.1, 0.15) is 30.5 Å². The molecule has 4 nitrogen and oxygen atoms in total. The minimum Gasteiger partial charge on any atom is -0.378 e. The summed E-state index contributed by atoms with van der Waals surface area (Å²) in [5.41, 5.74) is 5.09. The van der Waals surface area contributed by atoms with Crippen LogP contribution in [-0.4, -0.2) is 33.1 Å². The predicted molar refractivity (Wildman–Crippen MR) is 104 cm³/mol. The number of hydrogen-bond donors (Lipinski definition) is 1. The second-order valence-corrected chi connectivity index (χ2v) is 6.73. The summed E-state index contributed by atoms with van der Waals surface area (Å²) in [5.74, 6) is 0.0994. The Morgan fingerprint density at radius 3 is 2.56 bits per heavy atom. The van der Waals surface area contributed by atoms with Crippen molar-refractivity contribution in [1.29, 1.82) is 0 Å². The van der Waals surface area contributed by atoms with Crippen LogP contribution in [0, 0.1) is 0 Å². The van der Waals surface area contributed by atoms with Crippen LogP contribution in [0.4, 0.5) is 11.4 Å². The highest BCUT2D eigenvalue weighted by atomic mass is 16.1. The molecule has 1 aliphatic rings. The van der Waals surface area contributed by atoms with Crippen molar-refractivity contribution in [3.05, 3.63) is 59.7 Å². The van der Waals surface area contributed by atoms with Gasteiger partial charge in [0, 0.05) is 45.0 Å². The lowest BCUT2D eigenvalue weighted by Crippen LogP contribution is -2.37. The lowest BCUT2D eigenvalue weighted by Gasteiger charge is -2.31. The first kappa shape index (κ1) is 17.3. The number of nitrogens with one attached hydrogen (secondary N) is 1. The number of anilines is 2. The van der Waals surface area contributed by atoms with Gasteiger partial charge in [-0.25, -0.2) is 0 Å². The molecule has 2 aromatic rings. The Morgan fingerprint density at radius 1 is 1.16 bits per heavy atom. The first-order valence-electron chi connectivity index (χ1n) is 8.98. The van der Waals surface area contributed by atoms with Crippen molar-refractivity contribution in [3.63, 3.8) is 0 Å². The highest BCUT2D eigenvalue weighted by Gasteiger charge is 2.27. The van der Waals surface area contributed by atoms with Crippen LogP contribution in [-0.2, 0) is 11.2 Å². The molecule has 0 aliphatic carbocycles. The molecule has 0 radical (unpaired) electrons. The molecule has 0 fully saturated rings. The van der Waals surface area contributed by atoms with Gasteiger partial charge in [0.05, 0.1) is 6.04 Å². The summed E-state index contributed by atoms with van der Waals surface area (Å²) >= 11 is 0. The molecule has 25 heavy (non-hydrogen) atoms. The minimum absolute atomic E-state index is 0.0994. The van der Waals surface area contributed by atoms with E-state index in [4.69, 9.17) is 0 Å². The Balaban J connectivity index is 1.89. The third-order valence-corrected chi connectivity index (χ3v) is 4.91. The van der Waals surface area contributed by atoms with Crippen molar-refractivity contribution in [3.8, 4) is 0 Å². The second kappa shape index (κ2) is 7.60. The maximum absolute atomic E-state index is 11.8. The summed E-state index contributed by atoms with van der Waals surface area (Å²) in [5, 5.41) is 3.08. The summed E-state index contributed by atoms with van der Waals surface area (Å²) in [7, 11) is 4.09. The molecule has 132 valence electrons. The quantitative estimate of drug-likeness (QED) is 0.878. The Morgan fingerprint density at radius 2 is 1.88 bits per heavy atom. The molecule has 1 aliphatic heterocycles. The number of amides is 1. The van der Waals surface area contributed by atoms with E-state index in [9.17, 15) is 4.79 Å². The maximum Gasteiger partial charge on any atom is 0.219 e. The van der Waals surface area contributed by atoms with E-state index < -0.39 is 0 Å². The van der Waals surface area contributed by atoms with Crippen molar-refractivity contribution in [1.82, 2.24) is 5.32 Å². The van der Waals surface area contributed by atoms with Gasteiger partial charge in [-0.3, -0.25) is 4.79 Å². The van der Waals surface area contributed by atoms with Crippen molar-refractivity contribution in [2.75, 3.05) is 37.0 Å². The third kappa shape index (κ3) is 3.78. The molecular formula is C21H27N3O. The smallest absolute Gasteiger partial charge is 0.219 e. The van der Waals surface area contributed by atoms with Crippen LogP contribution >= 0.6 is 0 Å². The topological polar surface area (TPSA) is 35.6 Å². The third-order valence-electron chi connectivity index (χ3n) is 4.91. The van der Waals surface area contributed by atoms with E-state index in [2.05, 4.69) is 63.6 Å². The zero-order valence-corrected chi connectivity index (χ0v) is 15.3. The number of nitrogens with zero attached hydrogens (tertiary/aromatic N) is 2. The fraction of sp³-hybridized carbons (Fsp3) is 0.381. The predicted octanol–water partition coefficient (Wildman–Crippen LogP) is 3.38. The standard InChI is InChI=1S/C21H27N3O/c1-4-21(25)22-15-20(17-9-11-18(12-10-17)23(2)3)24-14-13-16-7-5-6-8-19(16)24/h5-12,20H,4,13-15H2,1-3H3,(H,22,25)/t20-/m0/s1. The van der Waals surface area contributed by atoms with Crippen LogP contribution in [0.2, 0.25) is 0 Å². The summed E-state index contributed by atoms with van der Waals surface area (Å²) in [6.45, 7) is 3.51. The molecular weight excluding hydrogens is 310 g/mol. The van der Waals surface area contributed by atoms with Gasteiger partial charge in [-0.05, 0) is 35.7 Å². The zero-order chi connectivity index (χ0) is 17.8. The molecule has 1 atom stereocenters. The van der Waals surface area contributed by atoms with Crippen molar-refractivity contribution in [2.24, 2.45) is 0 Å². The summed E-state index contributed by atoms with van der Waals surface area (Å²) < 4.78 is 0. The molecule has 2 aromatic carbocycles. The molecule has 1 N–H and O–H groups in total. The van der Waals surface area contributed by atoms with Crippen LogP contribution in [0.3, 0.4) is 0 Å². The number of hydrogen-bond acceptors (Lipinski definition) is 3. The number of fused-ring (bicyclic) bond motifs is 1. The first-order chi connectivity index (χ1) is 12.1. The molecule has 0 saturated carbocycles. The Hall–Kier alpha value is -2.49. The van der Waals surface area contributed by atoms with Crippen molar-refractivity contribution in [2.45, 2.75) is 25.8 Å². The second-order valence-electron chi connectivity index (χ2n) is 6.73. The van der Waals surface area contributed by atoms with Crippen LogP contribution in [0.15, 0.2) is 48.5 Å². The average molecular weight is 337 g/mol. The Labute approximate surface area is 150 Å². The van der Waals surface area contributed by atoms with E-state index in [0.29, 0.717) is 13.0 Å². The maximum atomic E-state index is 11.8. The average Bonchev–Trinajstić information content (AvgIpc) is 3.06. The SMILES string of the molecule is CCC(=O)NC[C@@H](c1ccc(N(C)C)cc1)N1CCc2ccccc21. The molecule has 0 saturated heterocycles. The van der Waals surface area contributed by atoms with E-state index >= 15 is 0 Å². The summed E-state index contributed by atoms with van der Waals surface area (Å²) in [6, 6.07) is 17.4. The molecule has 0 bridgehead atoms. The number of carbonyl (C=O) groups is 1. The molecule has 4 heteroatoms. The van der Waals surface area contributed by atoms with E-state index in [-0.39, 0.29) is 11.9 Å². The number of rotatable bonds is 6. The fourth-order valence-corrected chi connectivity index (χ4v) is 3.43. The van der Waals surface area contributed by atoms with Gasteiger partial charge in [0.1, 0.15) is 0 Å². The van der Waals surface area contributed by atoms with E-state index in [1.165, 1.54) is 22.5 Å². The van der Waals surface area contributed by atoms with Gasteiger partial charge in [0.2, 0.25) is 5.91 Å². The lowest BCUT2D eigenvalue weighted by molar-refractivity contribution is -0.120. The monoisotopic (exact) mass is 337 g/mol. The van der Waals surface area contributed by atoms with Crippen LogP contribution in [0.25, 0.3) is 0 Å². The summed E-state index contributed by atoms with van der Waals surface area (Å²) in [6.07, 6.45) is 1.58. The summed E-state index contributed by atoms with van der Waals surface area (Å²) in [4.78, 5) is 16.3. The normalized spacial score (nSPS) is 14.1. The van der Waals surface area contributed by atoms with Gasteiger partial charge in [0.15, 0.2) is 0 Å². The number of benzene rings is 2. The number of carbonyl (C=O) groups excluding carboxylic acids is 1. The fourth-order valence-electron chi connectivity index (χ4n) is 3.43. The molecule has 1 amide bonds. The number of para-hydroxylation sites is 1. The Bertz CT molecular complexity index is 724. The van der Waals surface area contributed by atoms with Gasteiger partial charge in [-0.15, -0.1) is 0 Å². The van der Waals surface area contributed by atoms with Crippen molar-refractivity contribution >= 4 is 17.3 Å². The van der Waals surface area contributed by atoms with Crippen LogP contribution in [0.5, 0.6) is 0 Å². The van der Waals surface area contributed by atoms with Gasteiger partial charge in [0.25, 0.3) is 0 Å².